The van der Waals surface area contributed by atoms with E-state index in [9.17, 15) is 19.1 Å². The first-order valence-corrected chi connectivity index (χ1v) is 9.23. The number of hydrogen-bond donors (Lipinski definition) is 2. The molecule has 0 aromatic heterocycles. The number of benzene rings is 2. The highest BCUT2D eigenvalue weighted by molar-refractivity contribution is 8.15. The highest BCUT2D eigenvalue weighted by atomic mass is 32.2. The molecule has 0 radical (unpaired) electrons. The highest BCUT2D eigenvalue weighted by Gasteiger charge is 2.35. The summed E-state index contributed by atoms with van der Waals surface area (Å²) in [5.41, 5.74) is 0.695. The largest absolute Gasteiger partial charge is 0.395 e. The maximum atomic E-state index is 13.8. The van der Waals surface area contributed by atoms with Gasteiger partial charge in [-0.05, 0) is 24.3 Å². The first-order chi connectivity index (χ1) is 13.1. The van der Waals surface area contributed by atoms with Crippen LogP contribution in [0.15, 0.2) is 59.6 Å². The third-order valence-electron chi connectivity index (χ3n) is 3.87. The van der Waals surface area contributed by atoms with Gasteiger partial charge in [0, 0.05) is 6.42 Å². The molecular weight excluding hydrogens is 369 g/mol. The lowest BCUT2D eigenvalue weighted by molar-refractivity contribution is -0.129. The lowest BCUT2D eigenvalue weighted by Crippen LogP contribution is -2.46. The van der Waals surface area contributed by atoms with E-state index < -0.39 is 17.0 Å². The van der Waals surface area contributed by atoms with Crippen LogP contribution in [0.3, 0.4) is 0 Å². The minimum absolute atomic E-state index is 0.0568. The summed E-state index contributed by atoms with van der Waals surface area (Å²) in [5, 5.41) is 11.4. The van der Waals surface area contributed by atoms with Crippen LogP contribution >= 0.6 is 11.8 Å². The van der Waals surface area contributed by atoms with Gasteiger partial charge in [0.15, 0.2) is 5.17 Å². The molecule has 27 heavy (non-hydrogen) atoms. The second-order valence-electron chi connectivity index (χ2n) is 5.78. The summed E-state index contributed by atoms with van der Waals surface area (Å²) in [6, 6.07) is 14.9. The van der Waals surface area contributed by atoms with Gasteiger partial charge >= 0.3 is 0 Å². The van der Waals surface area contributed by atoms with Crippen molar-refractivity contribution in [2.24, 2.45) is 4.99 Å². The Morgan fingerprint density at radius 3 is 2.63 bits per heavy atom. The number of carbonyl (C=O) groups excluding carboxylic acids is 2. The maximum Gasteiger partial charge on any atom is 0.238 e. The molecule has 2 aromatic carbocycles. The van der Waals surface area contributed by atoms with Crippen molar-refractivity contribution in [3.63, 3.8) is 0 Å². The van der Waals surface area contributed by atoms with E-state index in [1.807, 2.05) is 18.2 Å². The molecule has 0 saturated carbocycles. The van der Waals surface area contributed by atoms with Crippen molar-refractivity contribution in [1.29, 1.82) is 0 Å². The van der Waals surface area contributed by atoms with Crippen molar-refractivity contribution in [2.75, 3.05) is 18.5 Å². The Labute approximate surface area is 160 Å². The number of aliphatic imine (C=N–C) groups is 1. The summed E-state index contributed by atoms with van der Waals surface area (Å²) < 4.78 is 13.8. The van der Waals surface area contributed by atoms with Crippen molar-refractivity contribution < 1.29 is 19.1 Å². The van der Waals surface area contributed by atoms with Gasteiger partial charge in [0.25, 0.3) is 0 Å². The molecule has 1 aliphatic rings. The van der Waals surface area contributed by atoms with Gasteiger partial charge in [0.1, 0.15) is 11.1 Å². The monoisotopic (exact) mass is 387 g/mol. The molecular formula is C19H18FN3O3S. The average Bonchev–Trinajstić information content (AvgIpc) is 2.67. The summed E-state index contributed by atoms with van der Waals surface area (Å²) in [6.45, 7) is -0.120. The zero-order valence-corrected chi connectivity index (χ0v) is 15.2. The molecule has 2 amide bonds. The standard InChI is InChI=1S/C19H18FN3O3S/c20-14-8-4-5-9-15(14)22-18(26)16-12-17(25)23(10-11-24)19(27-16)21-13-6-2-1-3-7-13/h1-9,16,24H,10-12H2,(H,22,26). The fourth-order valence-electron chi connectivity index (χ4n) is 2.55. The van der Waals surface area contributed by atoms with Gasteiger partial charge in [0.05, 0.1) is 24.5 Å². The molecule has 0 spiro atoms. The van der Waals surface area contributed by atoms with Crippen LogP contribution in [0, 0.1) is 5.82 Å². The van der Waals surface area contributed by atoms with Crippen LogP contribution in [0.1, 0.15) is 6.42 Å². The molecule has 1 aliphatic heterocycles. The zero-order chi connectivity index (χ0) is 19.2. The Bertz CT molecular complexity index is 860. The molecule has 8 heteroatoms. The third-order valence-corrected chi connectivity index (χ3v) is 5.06. The number of nitrogens with one attached hydrogen (secondary N) is 1. The lowest BCUT2D eigenvalue weighted by atomic mass is 10.2. The van der Waals surface area contributed by atoms with Gasteiger partial charge < -0.3 is 10.4 Å². The van der Waals surface area contributed by atoms with Crippen LogP contribution in [0.5, 0.6) is 0 Å². The van der Waals surface area contributed by atoms with E-state index in [2.05, 4.69) is 10.3 Å². The first kappa shape index (κ1) is 19.1. The molecule has 140 valence electrons. The normalized spacial score (nSPS) is 18.6. The molecule has 0 bridgehead atoms. The van der Waals surface area contributed by atoms with Gasteiger partial charge in [-0.2, -0.15) is 0 Å². The highest BCUT2D eigenvalue weighted by Crippen LogP contribution is 2.30. The minimum atomic E-state index is -0.741. The fourth-order valence-corrected chi connectivity index (χ4v) is 3.67. The summed E-state index contributed by atoms with van der Waals surface area (Å²) in [4.78, 5) is 30.9. The number of carbonyl (C=O) groups is 2. The summed E-state index contributed by atoms with van der Waals surface area (Å²) in [6.07, 6.45) is -0.0568. The summed E-state index contributed by atoms with van der Waals surface area (Å²) >= 11 is 1.12. The molecule has 2 N–H and O–H groups in total. The fraction of sp³-hybridized carbons (Fsp3) is 0.211. The number of amidine groups is 1. The number of amides is 2. The Balaban J connectivity index is 1.82. The van der Waals surface area contributed by atoms with E-state index >= 15 is 0 Å². The topological polar surface area (TPSA) is 82.0 Å². The number of anilines is 1. The first-order valence-electron chi connectivity index (χ1n) is 8.35. The van der Waals surface area contributed by atoms with Crippen LogP contribution in [0.25, 0.3) is 0 Å². The van der Waals surface area contributed by atoms with E-state index in [0.29, 0.717) is 10.9 Å². The summed E-state index contributed by atoms with van der Waals surface area (Å²) in [7, 11) is 0. The molecule has 6 nitrogen and oxygen atoms in total. The van der Waals surface area contributed by atoms with Crippen molar-refractivity contribution in [1.82, 2.24) is 4.90 Å². The van der Waals surface area contributed by atoms with Crippen molar-refractivity contribution in [3.05, 3.63) is 60.4 Å². The molecule has 2 aromatic rings. The van der Waals surface area contributed by atoms with E-state index in [-0.39, 0.29) is 31.2 Å². The van der Waals surface area contributed by atoms with Crippen LogP contribution in [-0.2, 0) is 9.59 Å². The number of halogens is 1. The van der Waals surface area contributed by atoms with Gasteiger partial charge in [0.2, 0.25) is 11.8 Å². The van der Waals surface area contributed by atoms with E-state index in [0.717, 1.165) is 11.8 Å². The van der Waals surface area contributed by atoms with Crippen molar-refractivity contribution in [3.8, 4) is 0 Å². The molecule has 3 rings (SSSR count). The number of aliphatic hydroxyl groups is 1. The second kappa shape index (κ2) is 8.79. The third kappa shape index (κ3) is 4.72. The Kier molecular flexibility index (Phi) is 6.20. The Morgan fingerprint density at radius 2 is 1.93 bits per heavy atom. The smallest absolute Gasteiger partial charge is 0.238 e. The van der Waals surface area contributed by atoms with Gasteiger partial charge in [-0.3, -0.25) is 14.5 Å². The number of para-hydroxylation sites is 2. The Hall–Kier alpha value is -2.71. The summed E-state index contributed by atoms with van der Waals surface area (Å²) in [5.74, 6) is -1.33. The van der Waals surface area contributed by atoms with Crippen LogP contribution in [0.2, 0.25) is 0 Å². The maximum absolute atomic E-state index is 13.8. The van der Waals surface area contributed by atoms with Gasteiger partial charge in [-0.1, -0.05) is 42.1 Å². The zero-order valence-electron chi connectivity index (χ0n) is 14.3. The molecule has 0 aliphatic carbocycles. The van der Waals surface area contributed by atoms with Crippen molar-refractivity contribution in [2.45, 2.75) is 11.7 Å². The minimum Gasteiger partial charge on any atom is -0.395 e. The van der Waals surface area contributed by atoms with E-state index in [1.54, 1.807) is 18.2 Å². The molecule has 1 atom stereocenters. The number of aliphatic hydroxyl groups excluding tert-OH is 1. The van der Waals surface area contributed by atoms with Crippen LogP contribution in [-0.4, -0.2) is 45.4 Å². The quantitative estimate of drug-likeness (QED) is 0.827. The lowest BCUT2D eigenvalue weighted by Gasteiger charge is -2.31. The predicted molar refractivity (Wildman–Crippen MR) is 103 cm³/mol. The number of rotatable bonds is 5. The molecule has 1 fully saturated rings. The van der Waals surface area contributed by atoms with Crippen LogP contribution < -0.4 is 5.32 Å². The average molecular weight is 387 g/mol. The number of thioether (sulfide) groups is 1. The van der Waals surface area contributed by atoms with Gasteiger partial charge in [-0.25, -0.2) is 9.38 Å². The number of hydrogen-bond acceptors (Lipinski definition) is 5. The number of β-amino-alcohol motifs (C(OH)–C–C–N with tert-alkyl or cyclic N) is 1. The predicted octanol–water partition coefficient (Wildman–Crippen LogP) is 2.78. The second-order valence-corrected chi connectivity index (χ2v) is 6.95. The van der Waals surface area contributed by atoms with E-state index in [1.165, 1.54) is 23.1 Å². The Morgan fingerprint density at radius 1 is 1.22 bits per heavy atom. The van der Waals surface area contributed by atoms with E-state index in [4.69, 9.17) is 0 Å². The molecule has 1 unspecified atom stereocenters. The van der Waals surface area contributed by atoms with Gasteiger partial charge in [-0.15, -0.1) is 0 Å². The molecule has 1 saturated heterocycles. The SMILES string of the molecule is O=C(Nc1ccccc1F)C1CC(=O)N(CCO)C(=Nc2ccccc2)S1. The number of nitrogens with zero attached hydrogens (tertiary/aromatic N) is 2. The van der Waals surface area contributed by atoms with Crippen molar-refractivity contribution >= 4 is 40.1 Å². The van der Waals surface area contributed by atoms with Crippen LogP contribution in [0.4, 0.5) is 15.8 Å². The molecule has 1 heterocycles.